The Morgan fingerprint density at radius 1 is 1.47 bits per heavy atom. The van der Waals surface area contributed by atoms with E-state index in [1.165, 1.54) is 18.2 Å². The molecule has 19 heavy (non-hydrogen) atoms. The summed E-state index contributed by atoms with van der Waals surface area (Å²) in [6, 6.07) is 5.91. The number of esters is 1. The predicted octanol–water partition coefficient (Wildman–Crippen LogP) is 2.48. The zero-order valence-corrected chi connectivity index (χ0v) is 11.1. The molecule has 1 aromatic rings. The van der Waals surface area contributed by atoms with Crippen LogP contribution in [0.5, 0.6) is 0 Å². The van der Waals surface area contributed by atoms with E-state index < -0.39 is 5.82 Å². The molecule has 0 spiro atoms. The Hall–Kier alpha value is -2.09. The maximum absolute atomic E-state index is 13.1. The number of ether oxygens (including phenoxy) is 1. The number of nitriles is 1. The first-order valence-electron chi connectivity index (χ1n) is 6.22. The molecule has 0 aliphatic rings. The van der Waals surface area contributed by atoms with Gasteiger partial charge in [0.1, 0.15) is 18.4 Å². The number of nitrogens with zero attached hydrogens (tertiary/aromatic N) is 2. The van der Waals surface area contributed by atoms with Crippen LogP contribution in [0.2, 0.25) is 0 Å². The highest BCUT2D eigenvalue weighted by Gasteiger charge is 2.15. The fourth-order valence-electron chi connectivity index (χ4n) is 1.79. The molecule has 0 amide bonds. The molecule has 0 bridgehead atoms. The van der Waals surface area contributed by atoms with Crippen LogP contribution in [-0.4, -0.2) is 25.7 Å². The van der Waals surface area contributed by atoms with E-state index in [0.29, 0.717) is 18.8 Å². The minimum atomic E-state index is -0.465. The number of carbonyl (C=O) groups excluding carboxylic acids is 1. The van der Waals surface area contributed by atoms with Gasteiger partial charge in [-0.2, -0.15) is 5.26 Å². The van der Waals surface area contributed by atoms with Gasteiger partial charge in [-0.1, -0.05) is 6.92 Å². The van der Waals surface area contributed by atoms with Crippen LogP contribution >= 0.6 is 0 Å². The number of hydrogen-bond donors (Lipinski definition) is 0. The minimum absolute atomic E-state index is 0.0575. The smallest absolute Gasteiger partial charge is 0.325 e. The zero-order valence-electron chi connectivity index (χ0n) is 11.1. The van der Waals surface area contributed by atoms with Crippen LogP contribution in [0.4, 0.5) is 10.1 Å². The highest BCUT2D eigenvalue weighted by molar-refractivity contribution is 5.77. The van der Waals surface area contributed by atoms with Gasteiger partial charge in [-0.05, 0) is 31.5 Å². The fourth-order valence-corrected chi connectivity index (χ4v) is 1.79. The van der Waals surface area contributed by atoms with Crippen LogP contribution < -0.4 is 4.90 Å². The Balaban J connectivity index is 2.99. The normalized spacial score (nSPS) is 9.79. The largest absolute Gasteiger partial charge is 0.465 e. The SMILES string of the molecule is CCCN(CC(=O)OCC)c1ccc(F)cc1C#N. The molecule has 0 atom stereocenters. The second-order valence-electron chi connectivity index (χ2n) is 4.00. The summed E-state index contributed by atoms with van der Waals surface area (Å²) in [7, 11) is 0. The third-order valence-electron chi connectivity index (χ3n) is 2.54. The lowest BCUT2D eigenvalue weighted by Crippen LogP contribution is -2.32. The van der Waals surface area contributed by atoms with Crippen molar-refractivity contribution in [3.05, 3.63) is 29.6 Å². The summed E-state index contributed by atoms with van der Waals surface area (Å²) >= 11 is 0. The molecule has 1 aromatic carbocycles. The molecule has 0 saturated heterocycles. The number of anilines is 1. The highest BCUT2D eigenvalue weighted by Crippen LogP contribution is 2.21. The van der Waals surface area contributed by atoms with Crippen molar-refractivity contribution in [2.75, 3.05) is 24.6 Å². The van der Waals surface area contributed by atoms with Crippen molar-refractivity contribution in [1.82, 2.24) is 0 Å². The predicted molar refractivity (Wildman–Crippen MR) is 70.3 cm³/mol. The summed E-state index contributed by atoms with van der Waals surface area (Å²) < 4.78 is 18.0. The molecule has 0 radical (unpaired) electrons. The Morgan fingerprint density at radius 3 is 2.79 bits per heavy atom. The van der Waals surface area contributed by atoms with Crippen molar-refractivity contribution in [2.24, 2.45) is 0 Å². The average Bonchev–Trinajstić information content (AvgIpc) is 2.38. The van der Waals surface area contributed by atoms with E-state index in [4.69, 9.17) is 10.00 Å². The second-order valence-corrected chi connectivity index (χ2v) is 4.00. The standard InChI is InChI=1S/C14H17FN2O2/c1-3-7-17(10-14(18)19-4-2)13-6-5-12(15)8-11(13)9-16/h5-6,8H,3-4,7,10H2,1-2H3. The van der Waals surface area contributed by atoms with E-state index >= 15 is 0 Å². The Labute approximate surface area is 112 Å². The lowest BCUT2D eigenvalue weighted by Gasteiger charge is -2.24. The molecule has 0 N–H and O–H groups in total. The van der Waals surface area contributed by atoms with E-state index in [9.17, 15) is 9.18 Å². The molecule has 0 fully saturated rings. The van der Waals surface area contributed by atoms with Crippen LogP contribution in [0.25, 0.3) is 0 Å². The molecule has 0 aliphatic heterocycles. The third kappa shape index (κ3) is 4.25. The summed E-state index contributed by atoms with van der Waals surface area (Å²) in [6.07, 6.45) is 0.807. The van der Waals surface area contributed by atoms with Crippen molar-refractivity contribution in [3.8, 4) is 6.07 Å². The van der Waals surface area contributed by atoms with Gasteiger partial charge < -0.3 is 9.64 Å². The van der Waals surface area contributed by atoms with E-state index in [1.54, 1.807) is 11.8 Å². The molecule has 0 heterocycles. The first-order chi connectivity index (χ1) is 9.12. The number of benzene rings is 1. The molecule has 0 unspecified atom stereocenters. The molecule has 0 aliphatic carbocycles. The van der Waals surface area contributed by atoms with Crippen LogP contribution in [0.15, 0.2) is 18.2 Å². The average molecular weight is 264 g/mol. The van der Waals surface area contributed by atoms with Crippen molar-refractivity contribution >= 4 is 11.7 Å². The van der Waals surface area contributed by atoms with Crippen molar-refractivity contribution in [3.63, 3.8) is 0 Å². The summed E-state index contributed by atoms with van der Waals surface area (Å²) in [5, 5.41) is 9.04. The molecule has 102 valence electrons. The number of carbonyl (C=O) groups is 1. The molecule has 1 rings (SSSR count). The zero-order chi connectivity index (χ0) is 14.3. The molecule has 5 heteroatoms. The van der Waals surface area contributed by atoms with Gasteiger partial charge in [-0.15, -0.1) is 0 Å². The van der Waals surface area contributed by atoms with Crippen LogP contribution in [0, 0.1) is 17.1 Å². The summed E-state index contributed by atoms with van der Waals surface area (Å²) in [4.78, 5) is 13.3. The van der Waals surface area contributed by atoms with Gasteiger partial charge in [-0.25, -0.2) is 4.39 Å². The molecular weight excluding hydrogens is 247 g/mol. The summed E-state index contributed by atoms with van der Waals surface area (Å²) in [5.41, 5.74) is 0.775. The van der Waals surface area contributed by atoms with Gasteiger partial charge in [0.15, 0.2) is 0 Å². The van der Waals surface area contributed by atoms with Gasteiger partial charge in [-0.3, -0.25) is 4.79 Å². The molecular formula is C14H17FN2O2. The molecule has 4 nitrogen and oxygen atoms in total. The fraction of sp³-hybridized carbons (Fsp3) is 0.429. The molecule has 0 saturated carbocycles. The number of rotatable bonds is 6. The van der Waals surface area contributed by atoms with E-state index in [2.05, 4.69) is 0 Å². The maximum atomic E-state index is 13.1. The van der Waals surface area contributed by atoms with E-state index in [1.807, 2.05) is 13.0 Å². The number of halogens is 1. The summed E-state index contributed by atoms with van der Waals surface area (Å²) in [6.45, 7) is 4.67. The van der Waals surface area contributed by atoms with Gasteiger partial charge in [0.05, 0.1) is 17.9 Å². The van der Waals surface area contributed by atoms with Crippen molar-refractivity contribution in [1.29, 1.82) is 5.26 Å². The van der Waals surface area contributed by atoms with Gasteiger partial charge in [0.2, 0.25) is 0 Å². The number of hydrogen-bond acceptors (Lipinski definition) is 4. The Kier molecular flexibility index (Phi) is 5.80. The topological polar surface area (TPSA) is 53.3 Å². The Morgan fingerprint density at radius 2 is 2.21 bits per heavy atom. The van der Waals surface area contributed by atoms with Crippen LogP contribution in [-0.2, 0) is 9.53 Å². The van der Waals surface area contributed by atoms with Crippen molar-refractivity contribution < 1.29 is 13.9 Å². The minimum Gasteiger partial charge on any atom is -0.465 e. The first-order valence-corrected chi connectivity index (χ1v) is 6.22. The quantitative estimate of drug-likeness (QED) is 0.741. The first kappa shape index (κ1) is 15.0. The molecule has 0 aromatic heterocycles. The van der Waals surface area contributed by atoms with Gasteiger partial charge in [0, 0.05) is 6.54 Å². The van der Waals surface area contributed by atoms with Gasteiger partial charge in [0.25, 0.3) is 0 Å². The second kappa shape index (κ2) is 7.37. The summed E-state index contributed by atoms with van der Waals surface area (Å²) in [5.74, 6) is -0.822. The maximum Gasteiger partial charge on any atom is 0.325 e. The van der Waals surface area contributed by atoms with Crippen molar-refractivity contribution in [2.45, 2.75) is 20.3 Å². The third-order valence-corrected chi connectivity index (χ3v) is 2.54. The lowest BCUT2D eigenvalue weighted by atomic mass is 10.1. The Bertz CT molecular complexity index is 483. The monoisotopic (exact) mass is 264 g/mol. The van der Waals surface area contributed by atoms with Crippen LogP contribution in [0.1, 0.15) is 25.8 Å². The van der Waals surface area contributed by atoms with Gasteiger partial charge >= 0.3 is 5.97 Å². The van der Waals surface area contributed by atoms with Crippen LogP contribution in [0.3, 0.4) is 0 Å². The van der Waals surface area contributed by atoms with E-state index in [0.717, 1.165) is 6.42 Å². The van der Waals surface area contributed by atoms with E-state index in [-0.39, 0.29) is 18.1 Å². The lowest BCUT2D eigenvalue weighted by molar-refractivity contribution is -0.141. The highest BCUT2D eigenvalue weighted by atomic mass is 19.1.